The molecule has 0 aromatic heterocycles. The maximum absolute atomic E-state index is 10.3. The maximum Gasteiger partial charge on any atom is 0.0580 e. The zero-order valence-corrected chi connectivity index (χ0v) is 11.9. The number of aliphatic hydroxyl groups excluding tert-OH is 1. The van der Waals surface area contributed by atoms with E-state index >= 15 is 0 Å². The fraction of sp³-hybridized carbons (Fsp3) is 1.00. The highest BCUT2D eigenvalue weighted by Crippen LogP contribution is 2.40. The van der Waals surface area contributed by atoms with E-state index in [1.807, 2.05) is 0 Å². The molecule has 1 heterocycles. The van der Waals surface area contributed by atoms with Gasteiger partial charge in [-0.05, 0) is 56.3 Å². The van der Waals surface area contributed by atoms with E-state index in [4.69, 9.17) is 0 Å². The van der Waals surface area contributed by atoms with Gasteiger partial charge in [0.05, 0.1) is 6.10 Å². The lowest BCUT2D eigenvalue weighted by molar-refractivity contribution is 0.0201. The lowest BCUT2D eigenvalue weighted by Crippen LogP contribution is -2.42. The van der Waals surface area contributed by atoms with Crippen LogP contribution in [0.1, 0.15) is 58.3 Å². The first-order chi connectivity index (χ1) is 8.76. The summed E-state index contributed by atoms with van der Waals surface area (Å²) in [5.74, 6) is 2.44. The van der Waals surface area contributed by atoms with E-state index in [1.54, 1.807) is 0 Å². The summed E-state index contributed by atoms with van der Waals surface area (Å²) < 4.78 is 0. The third-order valence-electron chi connectivity index (χ3n) is 5.74. The van der Waals surface area contributed by atoms with Crippen molar-refractivity contribution in [3.05, 3.63) is 0 Å². The molecule has 0 aromatic carbocycles. The van der Waals surface area contributed by atoms with Gasteiger partial charge in [0, 0.05) is 19.1 Å². The van der Waals surface area contributed by atoms with Crippen LogP contribution in [0.4, 0.5) is 0 Å². The van der Waals surface area contributed by atoms with Crippen LogP contribution in [-0.4, -0.2) is 35.2 Å². The van der Waals surface area contributed by atoms with Crippen LogP contribution in [0.15, 0.2) is 0 Å². The third kappa shape index (κ3) is 2.60. The molecule has 5 unspecified atom stereocenters. The van der Waals surface area contributed by atoms with Gasteiger partial charge < -0.3 is 5.11 Å². The molecule has 1 saturated heterocycles. The molecule has 2 nitrogen and oxygen atoms in total. The van der Waals surface area contributed by atoms with E-state index in [0.717, 1.165) is 24.3 Å². The van der Waals surface area contributed by atoms with Crippen LogP contribution in [0, 0.1) is 17.8 Å². The van der Waals surface area contributed by atoms with Crippen molar-refractivity contribution in [3.8, 4) is 0 Å². The topological polar surface area (TPSA) is 23.5 Å². The SMILES string of the molecule is CCCC1CCC(O)C(CN2CC3CCC2C3)C1. The molecule has 1 aliphatic heterocycles. The molecular formula is C16H29NO. The highest BCUT2D eigenvalue weighted by atomic mass is 16.3. The second kappa shape index (κ2) is 5.50. The Balaban J connectivity index is 1.54. The van der Waals surface area contributed by atoms with Gasteiger partial charge in [-0.1, -0.05) is 19.8 Å². The van der Waals surface area contributed by atoms with Crippen molar-refractivity contribution in [2.75, 3.05) is 13.1 Å². The van der Waals surface area contributed by atoms with Gasteiger partial charge in [0.1, 0.15) is 0 Å². The predicted octanol–water partition coefficient (Wildman–Crippen LogP) is 3.05. The molecule has 3 aliphatic rings. The van der Waals surface area contributed by atoms with E-state index in [0.29, 0.717) is 5.92 Å². The first-order valence-corrected chi connectivity index (χ1v) is 8.18. The summed E-state index contributed by atoms with van der Waals surface area (Å²) in [5.41, 5.74) is 0. The lowest BCUT2D eigenvalue weighted by Gasteiger charge is -2.38. The first-order valence-electron chi connectivity index (χ1n) is 8.18. The Labute approximate surface area is 112 Å². The Morgan fingerprint density at radius 2 is 2.00 bits per heavy atom. The zero-order valence-electron chi connectivity index (χ0n) is 11.9. The number of hydrogen-bond acceptors (Lipinski definition) is 2. The number of aliphatic hydroxyl groups is 1. The summed E-state index contributed by atoms with van der Waals surface area (Å²) in [6.07, 6.45) is 10.6. The normalized spacial score (nSPS) is 44.7. The van der Waals surface area contributed by atoms with Gasteiger partial charge in [-0.2, -0.15) is 0 Å². The standard InChI is InChI=1S/C16H29NO/c1-2-3-12-5-7-16(18)14(8-12)11-17-10-13-4-6-15(17)9-13/h12-16,18H,2-11H2,1H3. The van der Waals surface area contributed by atoms with Crippen LogP contribution < -0.4 is 0 Å². The van der Waals surface area contributed by atoms with Gasteiger partial charge in [-0.3, -0.25) is 4.90 Å². The molecule has 3 fully saturated rings. The quantitative estimate of drug-likeness (QED) is 0.830. The lowest BCUT2D eigenvalue weighted by atomic mass is 9.77. The zero-order chi connectivity index (χ0) is 12.5. The molecule has 0 amide bonds. The van der Waals surface area contributed by atoms with Crippen molar-refractivity contribution in [2.45, 2.75) is 70.4 Å². The Morgan fingerprint density at radius 1 is 1.11 bits per heavy atom. The largest absolute Gasteiger partial charge is 0.393 e. The number of hydrogen-bond donors (Lipinski definition) is 1. The fourth-order valence-electron chi connectivity index (χ4n) is 4.76. The van der Waals surface area contributed by atoms with Gasteiger partial charge in [0.15, 0.2) is 0 Å². The Bertz CT molecular complexity index is 280. The summed E-state index contributed by atoms with van der Waals surface area (Å²) in [6.45, 7) is 4.80. The molecule has 0 radical (unpaired) electrons. The predicted molar refractivity (Wildman–Crippen MR) is 74.4 cm³/mol. The molecule has 0 aromatic rings. The molecular weight excluding hydrogens is 222 g/mol. The second-order valence-corrected chi connectivity index (χ2v) is 7.08. The van der Waals surface area contributed by atoms with E-state index < -0.39 is 0 Å². The van der Waals surface area contributed by atoms with Gasteiger partial charge in [0.2, 0.25) is 0 Å². The minimum absolute atomic E-state index is 0.0165. The summed E-state index contributed by atoms with van der Waals surface area (Å²) in [5, 5.41) is 10.3. The summed E-state index contributed by atoms with van der Waals surface area (Å²) in [7, 11) is 0. The summed E-state index contributed by atoms with van der Waals surface area (Å²) >= 11 is 0. The molecule has 3 rings (SSSR count). The fourth-order valence-corrected chi connectivity index (χ4v) is 4.76. The van der Waals surface area contributed by atoms with Crippen LogP contribution in [0.5, 0.6) is 0 Å². The highest BCUT2D eigenvalue weighted by molar-refractivity contribution is 4.94. The van der Waals surface area contributed by atoms with Gasteiger partial charge in [-0.25, -0.2) is 0 Å². The van der Waals surface area contributed by atoms with Crippen molar-refractivity contribution in [1.82, 2.24) is 4.90 Å². The van der Waals surface area contributed by atoms with Crippen LogP contribution in [0.3, 0.4) is 0 Å². The number of rotatable bonds is 4. The van der Waals surface area contributed by atoms with Crippen molar-refractivity contribution >= 4 is 0 Å². The van der Waals surface area contributed by atoms with Gasteiger partial charge >= 0.3 is 0 Å². The smallest absolute Gasteiger partial charge is 0.0580 e. The van der Waals surface area contributed by atoms with Gasteiger partial charge in [-0.15, -0.1) is 0 Å². The highest BCUT2D eigenvalue weighted by Gasteiger charge is 2.40. The van der Waals surface area contributed by atoms with Crippen LogP contribution in [-0.2, 0) is 0 Å². The van der Waals surface area contributed by atoms with E-state index in [2.05, 4.69) is 11.8 Å². The minimum Gasteiger partial charge on any atom is -0.393 e. The molecule has 104 valence electrons. The van der Waals surface area contributed by atoms with E-state index in [-0.39, 0.29) is 6.10 Å². The molecule has 5 atom stereocenters. The van der Waals surface area contributed by atoms with Crippen molar-refractivity contribution in [3.63, 3.8) is 0 Å². The molecule has 0 spiro atoms. The minimum atomic E-state index is -0.0165. The van der Waals surface area contributed by atoms with Crippen LogP contribution in [0.25, 0.3) is 0 Å². The average Bonchev–Trinajstić information content (AvgIpc) is 2.96. The maximum atomic E-state index is 10.3. The van der Waals surface area contributed by atoms with Crippen molar-refractivity contribution in [2.24, 2.45) is 17.8 Å². The number of fused-ring (bicyclic) bond motifs is 2. The first kappa shape index (κ1) is 12.9. The van der Waals surface area contributed by atoms with Crippen LogP contribution in [0.2, 0.25) is 0 Å². The van der Waals surface area contributed by atoms with E-state index in [1.165, 1.54) is 58.0 Å². The molecule has 18 heavy (non-hydrogen) atoms. The molecule has 2 saturated carbocycles. The molecule has 2 aliphatic carbocycles. The summed E-state index contributed by atoms with van der Waals surface area (Å²) in [4.78, 5) is 2.70. The number of likely N-dealkylation sites (tertiary alicyclic amines) is 1. The Morgan fingerprint density at radius 3 is 2.67 bits per heavy atom. The molecule has 1 N–H and O–H groups in total. The Hall–Kier alpha value is -0.0800. The number of nitrogens with zero attached hydrogens (tertiary/aromatic N) is 1. The molecule has 2 bridgehead atoms. The van der Waals surface area contributed by atoms with Gasteiger partial charge in [0.25, 0.3) is 0 Å². The van der Waals surface area contributed by atoms with Crippen LogP contribution >= 0.6 is 0 Å². The third-order valence-corrected chi connectivity index (χ3v) is 5.74. The van der Waals surface area contributed by atoms with Crippen molar-refractivity contribution in [1.29, 1.82) is 0 Å². The van der Waals surface area contributed by atoms with Crippen molar-refractivity contribution < 1.29 is 5.11 Å². The average molecular weight is 251 g/mol. The summed E-state index contributed by atoms with van der Waals surface area (Å²) in [6, 6.07) is 0.869. The second-order valence-electron chi connectivity index (χ2n) is 7.08. The number of piperidine rings is 1. The monoisotopic (exact) mass is 251 g/mol. The van der Waals surface area contributed by atoms with E-state index in [9.17, 15) is 5.11 Å². The molecule has 2 heteroatoms. The Kier molecular flexibility index (Phi) is 3.95.